The molecule has 0 saturated carbocycles. The van der Waals surface area contributed by atoms with Crippen LogP contribution in [0.4, 0.5) is 0 Å². The fourth-order valence-electron chi connectivity index (χ4n) is 2.16. The van der Waals surface area contributed by atoms with Crippen molar-refractivity contribution in [2.24, 2.45) is 0 Å². The summed E-state index contributed by atoms with van der Waals surface area (Å²) in [6, 6.07) is 17.5. The molecule has 2 aromatic carbocycles. The quantitative estimate of drug-likeness (QED) is 0.403. The summed E-state index contributed by atoms with van der Waals surface area (Å²) in [6.07, 6.45) is 2.20. The number of methoxy groups -OCH3 is 1. The molecule has 0 radical (unpaired) electrons. The van der Waals surface area contributed by atoms with Crippen molar-refractivity contribution < 1.29 is 19.0 Å². The molecular weight excluding hydrogens is 344 g/mol. The third-order valence-electron chi connectivity index (χ3n) is 3.53. The smallest absolute Gasteiger partial charge is 0.337 e. The van der Waals surface area contributed by atoms with Crippen molar-refractivity contribution in [3.05, 3.63) is 65.2 Å². The summed E-state index contributed by atoms with van der Waals surface area (Å²) < 4.78 is 15.9. The van der Waals surface area contributed by atoms with Crippen LogP contribution >= 0.6 is 0 Å². The number of nitrogens with zero attached hydrogens (tertiary/aromatic N) is 2. The van der Waals surface area contributed by atoms with Crippen LogP contribution in [-0.4, -0.2) is 26.3 Å². The van der Waals surface area contributed by atoms with Crippen molar-refractivity contribution in [3.63, 3.8) is 0 Å². The summed E-state index contributed by atoms with van der Waals surface area (Å²) in [4.78, 5) is 11.4. The topological polar surface area (TPSA) is 92.3 Å². The van der Waals surface area contributed by atoms with Gasteiger partial charge in [-0.05, 0) is 48.0 Å². The van der Waals surface area contributed by atoms with Gasteiger partial charge in [0, 0.05) is 6.42 Å². The number of esters is 1. The molecule has 0 aliphatic heterocycles. The van der Waals surface area contributed by atoms with E-state index in [1.54, 1.807) is 48.5 Å². The zero-order valence-electron chi connectivity index (χ0n) is 14.8. The zero-order valence-corrected chi connectivity index (χ0v) is 14.8. The number of ether oxygens (including phenoxy) is 3. The Morgan fingerprint density at radius 3 is 1.93 bits per heavy atom. The molecule has 0 amide bonds. The lowest BCUT2D eigenvalue weighted by Gasteiger charge is -2.08. The molecule has 2 aromatic rings. The molecule has 0 heterocycles. The van der Waals surface area contributed by atoms with E-state index in [-0.39, 0.29) is 11.5 Å². The molecule has 0 atom stereocenters. The lowest BCUT2D eigenvalue weighted by Crippen LogP contribution is -2.05. The average Bonchev–Trinajstić information content (AvgIpc) is 2.72. The maximum absolute atomic E-state index is 11.4. The van der Waals surface area contributed by atoms with Gasteiger partial charge in [-0.15, -0.1) is 0 Å². The highest BCUT2D eigenvalue weighted by molar-refractivity contribution is 5.89. The van der Waals surface area contributed by atoms with Gasteiger partial charge in [-0.2, -0.15) is 10.5 Å². The predicted octanol–water partition coefficient (Wildman–Crippen LogP) is 3.75. The fraction of sp³-hybridized carbons (Fsp3) is 0.190. The van der Waals surface area contributed by atoms with Crippen LogP contribution in [0.5, 0.6) is 11.5 Å². The average molecular weight is 362 g/mol. The summed E-state index contributed by atoms with van der Waals surface area (Å²) in [5, 5.41) is 17.5. The molecular formula is C21H18N2O4. The third kappa shape index (κ3) is 6.22. The van der Waals surface area contributed by atoms with Gasteiger partial charge < -0.3 is 14.2 Å². The van der Waals surface area contributed by atoms with Crippen molar-refractivity contribution in [1.29, 1.82) is 10.5 Å². The molecule has 136 valence electrons. The molecule has 0 spiro atoms. The van der Waals surface area contributed by atoms with Gasteiger partial charge >= 0.3 is 5.97 Å². The van der Waals surface area contributed by atoms with Crippen LogP contribution in [0.15, 0.2) is 54.1 Å². The Hall–Kier alpha value is -3.77. The summed E-state index contributed by atoms with van der Waals surface area (Å²) in [7, 11) is 1.34. The van der Waals surface area contributed by atoms with Gasteiger partial charge in [0.1, 0.15) is 29.2 Å². The van der Waals surface area contributed by atoms with Gasteiger partial charge in [0.05, 0.1) is 25.9 Å². The second-order valence-corrected chi connectivity index (χ2v) is 5.42. The highest BCUT2D eigenvalue weighted by atomic mass is 16.5. The van der Waals surface area contributed by atoms with E-state index in [4.69, 9.17) is 20.0 Å². The van der Waals surface area contributed by atoms with Crippen molar-refractivity contribution in [2.45, 2.75) is 6.42 Å². The van der Waals surface area contributed by atoms with Gasteiger partial charge in [-0.1, -0.05) is 12.1 Å². The molecule has 2 rings (SSSR count). The summed E-state index contributed by atoms with van der Waals surface area (Å²) in [5.41, 5.74) is 1.29. The van der Waals surface area contributed by atoms with Crippen LogP contribution in [0.2, 0.25) is 0 Å². The van der Waals surface area contributed by atoms with Gasteiger partial charge in [-0.3, -0.25) is 0 Å². The summed E-state index contributed by atoms with van der Waals surface area (Å²) in [6.45, 7) is 0.961. The van der Waals surface area contributed by atoms with Gasteiger partial charge in [0.25, 0.3) is 0 Å². The zero-order chi connectivity index (χ0) is 19.5. The Balaban J connectivity index is 1.73. The normalized spacial score (nSPS) is 9.44. The Kier molecular flexibility index (Phi) is 7.44. The first-order chi connectivity index (χ1) is 13.2. The third-order valence-corrected chi connectivity index (χ3v) is 3.53. The van der Waals surface area contributed by atoms with Crippen molar-refractivity contribution in [2.75, 3.05) is 20.3 Å². The molecule has 0 aliphatic rings. The highest BCUT2D eigenvalue weighted by Gasteiger charge is 2.04. The van der Waals surface area contributed by atoms with E-state index in [9.17, 15) is 4.79 Å². The van der Waals surface area contributed by atoms with Crippen molar-refractivity contribution >= 4 is 12.0 Å². The monoisotopic (exact) mass is 362 g/mol. The van der Waals surface area contributed by atoms with E-state index in [0.717, 1.165) is 5.56 Å². The molecule has 27 heavy (non-hydrogen) atoms. The maximum atomic E-state index is 11.4. The minimum Gasteiger partial charge on any atom is -0.493 e. The molecule has 0 N–H and O–H groups in total. The molecule has 6 heteroatoms. The van der Waals surface area contributed by atoms with Crippen LogP contribution in [0.25, 0.3) is 6.08 Å². The van der Waals surface area contributed by atoms with E-state index in [1.165, 1.54) is 13.2 Å². The Morgan fingerprint density at radius 2 is 1.44 bits per heavy atom. The SMILES string of the molecule is COC(=O)c1ccc(OCCCOc2ccc(C=C(C#N)C#N)cc2)cc1. The predicted molar refractivity (Wildman–Crippen MR) is 99.0 cm³/mol. The van der Waals surface area contributed by atoms with E-state index in [0.29, 0.717) is 36.7 Å². The molecule has 6 nitrogen and oxygen atoms in total. The number of carbonyl (C=O) groups excluding carboxylic acids is 1. The molecule has 0 bridgehead atoms. The largest absolute Gasteiger partial charge is 0.493 e. The molecule has 0 aliphatic carbocycles. The van der Waals surface area contributed by atoms with Crippen LogP contribution in [0.3, 0.4) is 0 Å². The number of carbonyl (C=O) groups is 1. The first kappa shape index (κ1) is 19.6. The molecule has 0 unspecified atom stereocenters. The lowest BCUT2D eigenvalue weighted by atomic mass is 10.1. The van der Waals surface area contributed by atoms with Crippen LogP contribution in [0, 0.1) is 22.7 Å². The minimum atomic E-state index is -0.382. The van der Waals surface area contributed by atoms with Gasteiger partial charge in [0.15, 0.2) is 0 Å². The lowest BCUT2D eigenvalue weighted by molar-refractivity contribution is 0.0600. The maximum Gasteiger partial charge on any atom is 0.337 e. The van der Waals surface area contributed by atoms with E-state index < -0.39 is 0 Å². The Bertz CT molecular complexity index is 856. The number of nitriles is 2. The van der Waals surface area contributed by atoms with E-state index >= 15 is 0 Å². The standard InChI is InChI=1S/C21H18N2O4/c1-25-21(24)18-5-9-20(10-6-18)27-12-2-11-26-19-7-3-16(4-8-19)13-17(14-22)15-23/h3-10,13H,2,11-12H2,1H3. The number of hydrogen-bond acceptors (Lipinski definition) is 6. The number of benzene rings is 2. The first-order valence-corrected chi connectivity index (χ1v) is 8.22. The van der Waals surface area contributed by atoms with Gasteiger partial charge in [0.2, 0.25) is 0 Å². The van der Waals surface area contributed by atoms with E-state index in [1.807, 2.05) is 12.1 Å². The Morgan fingerprint density at radius 1 is 0.926 bits per heavy atom. The molecule has 0 fully saturated rings. The second kappa shape index (κ2) is 10.3. The first-order valence-electron chi connectivity index (χ1n) is 8.22. The van der Waals surface area contributed by atoms with Crippen molar-refractivity contribution in [3.8, 4) is 23.6 Å². The second-order valence-electron chi connectivity index (χ2n) is 5.42. The minimum absolute atomic E-state index is 0.0560. The van der Waals surface area contributed by atoms with E-state index in [2.05, 4.69) is 4.74 Å². The van der Waals surface area contributed by atoms with Crippen LogP contribution in [-0.2, 0) is 4.74 Å². The molecule has 0 saturated heterocycles. The fourth-order valence-corrected chi connectivity index (χ4v) is 2.16. The van der Waals surface area contributed by atoms with Gasteiger partial charge in [-0.25, -0.2) is 4.79 Å². The number of allylic oxidation sites excluding steroid dienone is 1. The summed E-state index contributed by atoms with van der Waals surface area (Å²) >= 11 is 0. The molecule has 0 aromatic heterocycles. The van der Waals surface area contributed by atoms with Crippen LogP contribution < -0.4 is 9.47 Å². The number of rotatable bonds is 8. The number of hydrogen-bond donors (Lipinski definition) is 0. The summed E-state index contributed by atoms with van der Waals surface area (Å²) in [5.74, 6) is 0.988. The van der Waals surface area contributed by atoms with Crippen molar-refractivity contribution in [1.82, 2.24) is 0 Å². The Labute approximate surface area is 157 Å². The van der Waals surface area contributed by atoms with Crippen LogP contribution in [0.1, 0.15) is 22.3 Å². The highest BCUT2D eigenvalue weighted by Crippen LogP contribution is 2.15.